The average Bonchev–Trinajstić information content (AvgIpc) is 2.72. The number of hydrogen-bond donors (Lipinski definition) is 3. The maximum Gasteiger partial charge on any atom is 0.255 e. The summed E-state index contributed by atoms with van der Waals surface area (Å²) in [7, 11) is 1.58. The highest BCUT2D eigenvalue weighted by Crippen LogP contribution is 2.23. The van der Waals surface area contributed by atoms with E-state index in [0.29, 0.717) is 12.7 Å². The van der Waals surface area contributed by atoms with Crippen molar-refractivity contribution in [3.63, 3.8) is 0 Å². The molecule has 8 heteroatoms. The molecule has 0 spiro atoms. The molecule has 2 amide bonds. The molecular formula is C23H20F2N2O4. The Bertz CT molecular complexity index is 1100. The Morgan fingerprint density at radius 1 is 0.935 bits per heavy atom. The van der Waals surface area contributed by atoms with Gasteiger partial charge in [0.1, 0.15) is 17.4 Å². The Labute approximate surface area is 177 Å². The average molecular weight is 426 g/mol. The number of ether oxygens (including phenoxy) is 1. The second kappa shape index (κ2) is 9.82. The van der Waals surface area contributed by atoms with Crippen molar-refractivity contribution in [1.82, 2.24) is 5.32 Å². The van der Waals surface area contributed by atoms with Gasteiger partial charge in [0.05, 0.1) is 12.2 Å². The zero-order chi connectivity index (χ0) is 22.4. The minimum absolute atomic E-state index is 0.0130. The van der Waals surface area contributed by atoms with Crippen molar-refractivity contribution in [3.05, 3.63) is 94.6 Å². The SMILES string of the molecule is COCc1ccccc1CNC(=O)c1ccc(NC(=O)c2cc(F)cc(F)c2)cc1O. The Morgan fingerprint density at radius 3 is 2.26 bits per heavy atom. The molecule has 3 aromatic rings. The summed E-state index contributed by atoms with van der Waals surface area (Å²) in [6.45, 7) is 0.641. The van der Waals surface area contributed by atoms with E-state index >= 15 is 0 Å². The molecule has 0 atom stereocenters. The predicted octanol–water partition coefficient (Wildman–Crippen LogP) is 4.00. The molecule has 0 fully saturated rings. The lowest BCUT2D eigenvalue weighted by molar-refractivity contribution is 0.0947. The molecule has 6 nitrogen and oxygen atoms in total. The number of phenolic OH excluding ortho intramolecular Hbond substituents is 1. The summed E-state index contributed by atoms with van der Waals surface area (Å²) >= 11 is 0. The van der Waals surface area contributed by atoms with Crippen LogP contribution in [0.3, 0.4) is 0 Å². The van der Waals surface area contributed by atoms with Crippen molar-refractivity contribution < 1.29 is 28.2 Å². The van der Waals surface area contributed by atoms with Gasteiger partial charge in [-0.05, 0) is 35.4 Å². The van der Waals surface area contributed by atoms with E-state index in [4.69, 9.17) is 4.74 Å². The van der Waals surface area contributed by atoms with Gasteiger partial charge in [0, 0.05) is 37.0 Å². The van der Waals surface area contributed by atoms with Crippen molar-refractivity contribution in [2.75, 3.05) is 12.4 Å². The number of carbonyl (C=O) groups excluding carboxylic acids is 2. The summed E-state index contributed by atoms with van der Waals surface area (Å²) < 4.78 is 31.7. The molecule has 0 aromatic heterocycles. The molecule has 0 aliphatic heterocycles. The summed E-state index contributed by atoms with van der Waals surface area (Å²) in [5.41, 5.74) is 1.77. The summed E-state index contributed by atoms with van der Waals surface area (Å²) in [5.74, 6) is -3.38. The normalized spacial score (nSPS) is 10.5. The molecule has 3 aromatic carbocycles. The fourth-order valence-electron chi connectivity index (χ4n) is 2.99. The third-order valence-corrected chi connectivity index (χ3v) is 4.48. The van der Waals surface area contributed by atoms with Crippen LogP contribution in [-0.2, 0) is 17.9 Å². The van der Waals surface area contributed by atoms with Gasteiger partial charge in [-0.15, -0.1) is 0 Å². The van der Waals surface area contributed by atoms with Crippen molar-refractivity contribution in [2.24, 2.45) is 0 Å². The molecule has 0 aliphatic carbocycles. The van der Waals surface area contributed by atoms with E-state index in [2.05, 4.69) is 10.6 Å². The number of hydrogen-bond acceptors (Lipinski definition) is 4. The van der Waals surface area contributed by atoms with Gasteiger partial charge in [-0.3, -0.25) is 9.59 Å². The lowest BCUT2D eigenvalue weighted by Crippen LogP contribution is -2.23. The number of amides is 2. The number of rotatable bonds is 7. The molecule has 31 heavy (non-hydrogen) atoms. The highest BCUT2D eigenvalue weighted by Gasteiger charge is 2.14. The van der Waals surface area contributed by atoms with Gasteiger partial charge < -0.3 is 20.5 Å². The van der Waals surface area contributed by atoms with Crippen LogP contribution in [0.4, 0.5) is 14.5 Å². The number of nitrogens with one attached hydrogen (secondary N) is 2. The smallest absolute Gasteiger partial charge is 0.255 e. The quantitative estimate of drug-likeness (QED) is 0.533. The zero-order valence-electron chi connectivity index (χ0n) is 16.6. The first-order valence-electron chi connectivity index (χ1n) is 9.31. The minimum atomic E-state index is -0.882. The van der Waals surface area contributed by atoms with Gasteiger partial charge in [0.25, 0.3) is 11.8 Å². The van der Waals surface area contributed by atoms with E-state index in [0.717, 1.165) is 23.3 Å². The summed E-state index contributed by atoms with van der Waals surface area (Å²) in [4.78, 5) is 24.6. The van der Waals surface area contributed by atoms with Crippen molar-refractivity contribution in [1.29, 1.82) is 0 Å². The number of anilines is 1. The largest absolute Gasteiger partial charge is 0.507 e. The van der Waals surface area contributed by atoms with E-state index < -0.39 is 23.4 Å². The number of phenols is 1. The third kappa shape index (κ3) is 5.64. The molecular weight excluding hydrogens is 406 g/mol. The third-order valence-electron chi connectivity index (χ3n) is 4.48. The molecule has 0 saturated carbocycles. The Kier molecular flexibility index (Phi) is 6.94. The molecule has 0 saturated heterocycles. The van der Waals surface area contributed by atoms with Crippen LogP contribution in [-0.4, -0.2) is 24.0 Å². The Hall–Kier alpha value is -3.78. The van der Waals surface area contributed by atoms with Gasteiger partial charge in [0.15, 0.2) is 0 Å². The van der Waals surface area contributed by atoms with Crippen LogP contribution in [0, 0.1) is 11.6 Å². The number of halogens is 2. The maximum atomic E-state index is 13.3. The molecule has 0 radical (unpaired) electrons. The molecule has 3 rings (SSSR count). The standard InChI is InChI=1S/C23H20F2N2O4/c1-31-13-15-5-3-2-4-14(15)12-26-23(30)20-7-6-19(11-21(20)28)27-22(29)16-8-17(24)10-18(25)9-16/h2-11,28H,12-13H2,1H3,(H,26,30)(H,27,29). The highest BCUT2D eigenvalue weighted by atomic mass is 19.1. The molecule has 0 bridgehead atoms. The lowest BCUT2D eigenvalue weighted by atomic mass is 10.1. The van der Waals surface area contributed by atoms with Crippen molar-refractivity contribution in [2.45, 2.75) is 13.2 Å². The first-order chi connectivity index (χ1) is 14.9. The van der Waals surface area contributed by atoms with Gasteiger partial charge in [0.2, 0.25) is 0 Å². The van der Waals surface area contributed by atoms with E-state index in [-0.39, 0.29) is 29.1 Å². The van der Waals surface area contributed by atoms with Crippen LogP contribution in [0.15, 0.2) is 60.7 Å². The number of methoxy groups -OCH3 is 1. The molecule has 3 N–H and O–H groups in total. The van der Waals surface area contributed by atoms with E-state index in [1.807, 2.05) is 24.3 Å². The van der Waals surface area contributed by atoms with E-state index in [1.165, 1.54) is 18.2 Å². The summed E-state index contributed by atoms with van der Waals surface area (Å²) in [5, 5.41) is 15.4. The van der Waals surface area contributed by atoms with Crippen LogP contribution >= 0.6 is 0 Å². The van der Waals surface area contributed by atoms with Crippen molar-refractivity contribution >= 4 is 17.5 Å². The van der Waals surface area contributed by atoms with Gasteiger partial charge >= 0.3 is 0 Å². The number of benzene rings is 3. The second-order valence-corrected chi connectivity index (χ2v) is 6.73. The van der Waals surface area contributed by atoms with Crippen LogP contribution < -0.4 is 10.6 Å². The van der Waals surface area contributed by atoms with Crippen LogP contribution in [0.25, 0.3) is 0 Å². The fourth-order valence-corrected chi connectivity index (χ4v) is 2.99. The summed E-state index contributed by atoms with van der Waals surface area (Å²) in [6, 6.07) is 13.8. The van der Waals surface area contributed by atoms with Crippen LogP contribution in [0.1, 0.15) is 31.8 Å². The first kappa shape index (κ1) is 21.9. The minimum Gasteiger partial charge on any atom is -0.507 e. The monoisotopic (exact) mass is 426 g/mol. The number of carbonyl (C=O) groups is 2. The molecule has 0 heterocycles. The number of aromatic hydroxyl groups is 1. The highest BCUT2D eigenvalue weighted by molar-refractivity contribution is 6.05. The lowest BCUT2D eigenvalue weighted by Gasteiger charge is -2.12. The van der Waals surface area contributed by atoms with E-state index in [9.17, 15) is 23.5 Å². The summed E-state index contributed by atoms with van der Waals surface area (Å²) in [6.07, 6.45) is 0. The second-order valence-electron chi connectivity index (χ2n) is 6.73. The van der Waals surface area contributed by atoms with Gasteiger partial charge in [-0.1, -0.05) is 24.3 Å². The fraction of sp³-hybridized carbons (Fsp3) is 0.130. The van der Waals surface area contributed by atoms with Gasteiger partial charge in [-0.2, -0.15) is 0 Å². The van der Waals surface area contributed by atoms with Crippen molar-refractivity contribution in [3.8, 4) is 5.75 Å². The molecule has 160 valence electrons. The Morgan fingerprint density at radius 2 is 1.61 bits per heavy atom. The Balaban J connectivity index is 1.67. The molecule has 0 unspecified atom stereocenters. The zero-order valence-corrected chi connectivity index (χ0v) is 16.6. The van der Waals surface area contributed by atoms with E-state index in [1.54, 1.807) is 7.11 Å². The predicted molar refractivity (Wildman–Crippen MR) is 111 cm³/mol. The maximum absolute atomic E-state index is 13.3. The van der Waals surface area contributed by atoms with Gasteiger partial charge in [-0.25, -0.2) is 8.78 Å². The topological polar surface area (TPSA) is 87.7 Å². The first-order valence-corrected chi connectivity index (χ1v) is 9.31. The van der Waals surface area contributed by atoms with Crippen LogP contribution in [0.5, 0.6) is 5.75 Å². The molecule has 0 aliphatic rings. The van der Waals surface area contributed by atoms with Crippen LogP contribution in [0.2, 0.25) is 0 Å².